The number of pyridine rings is 2. The number of allylic oxidation sites excluding steroid dienone is 1. The molecule has 2 N–H and O–H groups in total. The van der Waals surface area contributed by atoms with Gasteiger partial charge in [-0.2, -0.15) is 0 Å². The first kappa shape index (κ1) is 28.6. The number of rotatable bonds is 7. The van der Waals surface area contributed by atoms with Gasteiger partial charge >= 0.3 is 0 Å². The lowest BCUT2D eigenvalue weighted by molar-refractivity contribution is -0.137. The fourth-order valence-electron chi connectivity index (χ4n) is 6.90. The van der Waals surface area contributed by atoms with Crippen LogP contribution in [0.4, 0.5) is 4.39 Å². The number of benzene rings is 1. The quantitative estimate of drug-likeness (QED) is 0.368. The van der Waals surface area contributed by atoms with E-state index in [1.54, 1.807) is 18.5 Å². The zero-order chi connectivity index (χ0) is 30.3. The second-order valence-electron chi connectivity index (χ2n) is 13.0. The van der Waals surface area contributed by atoms with E-state index in [0.29, 0.717) is 24.1 Å². The van der Waals surface area contributed by atoms with Crippen LogP contribution in [-0.4, -0.2) is 52.9 Å². The summed E-state index contributed by atoms with van der Waals surface area (Å²) in [6, 6.07) is 13.1. The Balaban J connectivity index is 1.02. The normalized spacial score (nSPS) is 19.7. The fourth-order valence-corrected chi connectivity index (χ4v) is 6.90. The third kappa shape index (κ3) is 5.59. The number of hydrogen-bond acceptors (Lipinski definition) is 5. The summed E-state index contributed by atoms with van der Waals surface area (Å²) in [5.74, 6) is -0.0312. The smallest absolute Gasteiger partial charge is 0.253 e. The molecule has 2 aliphatic heterocycles. The molecule has 0 radical (unpaired) electrons. The van der Waals surface area contributed by atoms with Crippen LogP contribution >= 0.6 is 0 Å². The van der Waals surface area contributed by atoms with E-state index in [2.05, 4.69) is 38.8 Å². The van der Waals surface area contributed by atoms with Crippen LogP contribution in [0.1, 0.15) is 84.2 Å². The van der Waals surface area contributed by atoms with Crippen molar-refractivity contribution in [2.75, 3.05) is 26.2 Å². The molecule has 2 amide bonds. The Kier molecular flexibility index (Phi) is 7.62. The molecule has 0 bridgehead atoms. The van der Waals surface area contributed by atoms with Crippen LogP contribution in [0.15, 0.2) is 72.7 Å². The fraction of sp³-hybridized carbons (Fsp3) is 0.389. The average molecular weight is 592 g/mol. The van der Waals surface area contributed by atoms with Crippen molar-refractivity contribution in [2.24, 2.45) is 11.3 Å². The molecule has 3 aromatic rings. The number of aromatic nitrogens is 2. The van der Waals surface area contributed by atoms with Crippen LogP contribution in [0.25, 0.3) is 11.1 Å². The number of hydrogen-bond donors (Lipinski definition) is 2. The van der Waals surface area contributed by atoms with Crippen molar-refractivity contribution in [1.29, 1.82) is 0 Å². The van der Waals surface area contributed by atoms with Crippen LogP contribution in [0.3, 0.4) is 0 Å². The number of halogens is 1. The topological polar surface area (TPSA) is 87.2 Å². The van der Waals surface area contributed by atoms with E-state index in [4.69, 9.17) is 0 Å². The first-order valence-corrected chi connectivity index (χ1v) is 15.8. The molecule has 2 aromatic heterocycles. The molecule has 2 aliphatic carbocycles. The summed E-state index contributed by atoms with van der Waals surface area (Å²) in [7, 11) is 0. The number of amides is 2. The molecule has 7 rings (SSSR count). The van der Waals surface area contributed by atoms with Gasteiger partial charge in [-0.1, -0.05) is 42.3 Å². The van der Waals surface area contributed by atoms with Crippen molar-refractivity contribution in [2.45, 2.75) is 51.5 Å². The lowest BCUT2D eigenvalue weighted by atomic mass is 9.60. The van der Waals surface area contributed by atoms with Crippen molar-refractivity contribution < 1.29 is 14.0 Å². The molecule has 1 saturated heterocycles. The summed E-state index contributed by atoms with van der Waals surface area (Å²) in [6.45, 7) is 5.39. The maximum atomic E-state index is 13.7. The van der Waals surface area contributed by atoms with Gasteiger partial charge in [0.15, 0.2) is 0 Å². The lowest BCUT2D eigenvalue weighted by Crippen LogP contribution is -2.58. The van der Waals surface area contributed by atoms with E-state index in [0.717, 1.165) is 85.1 Å². The minimum atomic E-state index is -0.343. The molecule has 4 aliphatic rings. The molecule has 1 spiro atoms. The molecule has 2 saturated carbocycles. The molecular formula is C36H38FN5O2. The van der Waals surface area contributed by atoms with Gasteiger partial charge in [0.05, 0.1) is 23.5 Å². The maximum absolute atomic E-state index is 13.7. The largest absolute Gasteiger partial charge is 0.345 e. The Hall–Kier alpha value is -4.17. The summed E-state index contributed by atoms with van der Waals surface area (Å²) < 4.78 is 13.7. The predicted octanol–water partition coefficient (Wildman–Crippen LogP) is 5.71. The van der Waals surface area contributed by atoms with Gasteiger partial charge in [-0.3, -0.25) is 19.6 Å². The first-order chi connectivity index (χ1) is 21.4. The molecule has 7 nitrogen and oxygen atoms in total. The summed E-state index contributed by atoms with van der Waals surface area (Å²) >= 11 is 0. The molecule has 3 fully saturated rings. The highest BCUT2D eigenvalue weighted by molar-refractivity contribution is 5.95. The predicted molar refractivity (Wildman–Crippen MR) is 168 cm³/mol. The van der Waals surface area contributed by atoms with Crippen LogP contribution in [0.5, 0.6) is 0 Å². The Morgan fingerprint density at radius 1 is 1.05 bits per heavy atom. The van der Waals surface area contributed by atoms with Crippen molar-refractivity contribution in [3.63, 3.8) is 0 Å². The number of nitrogens with one attached hydrogen (secondary N) is 2. The minimum Gasteiger partial charge on any atom is -0.345 e. The highest BCUT2D eigenvalue weighted by Crippen LogP contribution is 2.51. The van der Waals surface area contributed by atoms with Crippen LogP contribution in [0.2, 0.25) is 0 Å². The van der Waals surface area contributed by atoms with E-state index in [1.807, 2.05) is 30.0 Å². The average Bonchev–Trinajstić information content (AvgIpc) is 2.98. The zero-order valence-electron chi connectivity index (χ0n) is 25.1. The molecule has 0 unspecified atom stereocenters. The standard InChI is InChI=1S/C36H38FN5O2/c1-23(41-34(43)29-15-28(18-38-19-29)25-11-13-42(14-12-25)35(44)27-3-2-4-27)24-5-7-26(8-6-24)33(32-10-9-31(37)20-40-32)30-16-36(17-30)21-39-22-36/h5-11,15,18-20,23,27,39H,2-4,12-14,16-17,21-22H2,1H3,(H,41,43)/t23-/m1/s1. The summed E-state index contributed by atoms with van der Waals surface area (Å²) in [4.78, 5) is 36.6. The second-order valence-corrected chi connectivity index (χ2v) is 13.0. The highest BCUT2D eigenvalue weighted by atomic mass is 19.1. The first-order valence-electron chi connectivity index (χ1n) is 15.8. The van der Waals surface area contributed by atoms with E-state index < -0.39 is 0 Å². The van der Waals surface area contributed by atoms with Gasteiger partial charge in [0.1, 0.15) is 5.82 Å². The zero-order valence-corrected chi connectivity index (χ0v) is 25.1. The van der Waals surface area contributed by atoms with Gasteiger partial charge in [0, 0.05) is 55.5 Å². The van der Waals surface area contributed by atoms with Crippen molar-refractivity contribution in [1.82, 2.24) is 25.5 Å². The van der Waals surface area contributed by atoms with Crippen LogP contribution in [0, 0.1) is 17.2 Å². The Labute approximate surface area is 257 Å². The third-order valence-corrected chi connectivity index (χ3v) is 9.91. The number of carbonyl (C=O) groups is 2. The summed E-state index contributed by atoms with van der Waals surface area (Å²) in [5, 5.41) is 6.51. The molecular weight excluding hydrogens is 553 g/mol. The van der Waals surface area contributed by atoms with Crippen molar-refractivity contribution >= 4 is 23.0 Å². The lowest BCUT2D eigenvalue weighted by Gasteiger charge is -2.52. The molecule has 1 aromatic carbocycles. The van der Waals surface area contributed by atoms with Crippen LogP contribution in [-0.2, 0) is 4.79 Å². The number of nitrogens with zero attached hydrogens (tertiary/aromatic N) is 3. The molecule has 8 heteroatoms. The molecule has 44 heavy (non-hydrogen) atoms. The molecule has 226 valence electrons. The Morgan fingerprint density at radius 3 is 2.45 bits per heavy atom. The van der Waals surface area contributed by atoms with Crippen molar-refractivity contribution in [3.8, 4) is 0 Å². The van der Waals surface area contributed by atoms with Gasteiger partial charge in [0.25, 0.3) is 5.91 Å². The van der Waals surface area contributed by atoms with Gasteiger partial charge in [-0.15, -0.1) is 0 Å². The van der Waals surface area contributed by atoms with E-state index in [9.17, 15) is 14.0 Å². The third-order valence-electron chi connectivity index (χ3n) is 9.91. The van der Waals surface area contributed by atoms with Gasteiger partial charge < -0.3 is 15.5 Å². The van der Waals surface area contributed by atoms with Gasteiger partial charge in [-0.05, 0) is 79.5 Å². The Bertz CT molecular complexity index is 1630. The van der Waals surface area contributed by atoms with E-state index >= 15 is 0 Å². The second kappa shape index (κ2) is 11.7. The van der Waals surface area contributed by atoms with Crippen molar-refractivity contribution in [3.05, 3.63) is 106 Å². The summed E-state index contributed by atoms with van der Waals surface area (Å²) in [5.41, 5.74) is 8.20. The highest BCUT2D eigenvalue weighted by Gasteiger charge is 2.46. The maximum Gasteiger partial charge on any atom is 0.253 e. The van der Waals surface area contributed by atoms with Gasteiger partial charge in [0.2, 0.25) is 5.91 Å². The van der Waals surface area contributed by atoms with Crippen LogP contribution < -0.4 is 10.6 Å². The molecule has 4 heterocycles. The monoisotopic (exact) mass is 591 g/mol. The van der Waals surface area contributed by atoms with Gasteiger partial charge in [-0.25, -0.2) is 4.39 Å². The summed E-state index contributed by atoms with van der Waals surface area (Å²) in [6.07, 6.45) is 12.8. The minimum absolute atomic E-state index is 0.179. The molecule has 1 atom stereocenters. The SMILES string of the molecule is C[C@@H](NC(=O)c1cncc(C2=CCN(C(=O)C3CCC3)CC2)c1)c1ccc(C(=C2CC3(CNC3)C2)c2ccc(F)cn2)cc1. The van der Waals surface area contributed by atoms with E-state index in [1.165, 1.54) is 17.8 Å². The van der Waals surface area contributed by atoms with E-state index in [-0.39, 0.29) is 29.6 Å². The number of carbonyl (C=O) groups excluding carboxylic acids is 2. The Morgan fingerprint density at radius 2 is 1.84 bits per heavy atom.